The van der Waals surface area contributed by atoms with Crippen LogP contribution in [0.2, 0.25) is 0 Å². The summed E-state index contributed by atoms with van der Waals surface area (Å²) in [6.45, 7) is 7.44. The summed E-state index contributed by atoms with van der Waals surface area (Å²) in [5, 5.41) is 3.63. The van der Waals surface area contributed by atoms with Gasteiger partial charge in [-0.25, -0.2) is 4.39 Å². The molecule has 0 amide bonds. The van der Waals surface area contributed by atoms with Gasteiger partial charge in [-0.15, -0.1) is 0 Å². The molecular weight excluding hydrogens is 319 g/mol. The predicted octanol–water partition coefficient (Wildman–Crippen LogP) is 3.94. The lowest BCUT2D eigenvalue weighted by Crippen LogP contribution is -2.39. The first kappa shape index (κ1) is 15.9. The van der Waals surface area contributed by atoms with Crippen molar-refractivity contribution < 1.29 is 4.39 Å². The summed E-state index contributed by atoms with van der Waals surface area (Å²) in [5.41, 5.74) is 1.04. The van der Waals surface area contributed by atoms with Crippen molar-refractivity contribution >= 4 is 15.9 Å². The third-order valence-electron chi connectivity index (χ3n) is 4.02. The molecule has 4 heteroatoms. The molecule has 0 saturated carbocycles. The maximum absolute atomic E-state index is 13.5. The minimum Gasteiger partial charge on any atom is -0.313 e. The summed E-state index contributed by atoms with van der Waals surface area (Å²) < 4.78 is 14.3. The fraction of sp³-hybridized carbons (Fsp3) is 0.625. The van der Waals surface area contributed by atoms with Gasteiger partial charge in [0.1, 0.15) is 5.82 Å². The van der Waals surface area contributed by atoms with Gasteiger partial charge in [-0.1, -0.05) is 29.3 Å². The number of hydrogen-bond acceptors (Lipinski definition) is 2. The minimum absolute atomic E-state index is 0.167. The largest absolute Gasteiger partial charge is 0.313 e. The van der Waals surface area contributed by atoms with Crippen LogP contribution in [0.25, 0.3) is 0 Å². The van der Waals surface area contributed by atoms with Gasteiger partial charge in [0.2, 0.25) is 0 Å². The molecule has 0 aromatic heterocycles. The van der Waals surface area contributed by atoms with Gasteiger partial charge in [0, 0.05) is 29.6 Å². The van der Waals surface area contributed by atoms with Crippen molar-refractivity contribution in [3.05, 3.63) is 34.1 Å². The molecule has 0 spiro atoms. The maximum Gasteiger partial charge on any atom is 0.124 e. The highest BCUT2D eigenvalue weighted by Crippen LogP contribution is 2.19. The zero-order chi connectivity index (χ0) is 14.5. The second-order valence-corrected chi connectivity index (χ2v) is 6.70. The molecule has 2 nitrogen and oxygen atoms in total. The topological polar surface area (TPSA) is 15.3 Å². The van der Waals surface area contributed by atoms with E-state index in [9.17, 15) is 4.39 Å². The monoisotopic (exact) mass is 342 g/mol. The van der Waals surface area contributed by atoms with Gasteiger partial charge in [0.15, 0.2) is 0 Å². The molecule has 1 N–H and O–H groups in total. The maximum atomic E-state index is 13.5. The Bertz CT molecular complexity index is 418. The Morgan fingerprint density at radius 3 is 2.90 bits per heavy atom. The normalized spacial score (nSPS) is 24.6. The summed E-state index contributed by atoms with van der Waals surface area (Å²) >= 11 is 3.37. The van der Waals surface area contributed by atoms with E-state index >= 15 is 0 Å². The number of halogens is 2. The van der Waals surface area contributed by atoms with Crippen LogP contribution < -0.4 is 5.32 Å². The number of hydrogen-bond donors (Lipinski definition) is 1. The van der Waals surface area contributed by atoms with Crippen molar-refractivity contribution in [1.82, 2.24) is 10.2 Å². The molecule has 1 saturated heterocycles. The Morgan fingerprint density at radius 1 is 1.40 bits per heavy atom. The van der Waals surface area contributed by atoms with Crippen molar-refractivity contribution in [3.8, 4) is 0 Å². The van der Waals surface area contributed by atoms with Crippen molar-refractivity contribution in [2.24, 2.45) is 0 Å². The van der Waals surface area contributed by atoms with Crippen LogP contribution in [0.4, 0.5) is 4.39 Å². The van der Waals surface area contributed by atoms with Crippen LogP contribution >= 0.6 is 15.9 Å². The van der Waals surface area contributed by atoms with E-state index in [4.69, 9.17) is 0 Å². The summed E-state index contributed by atoms with van der Waals surface area (Å²) in [6.07, 6.45) is 3.55. The molecule has 112 valence electrons. The molecule has 20 heavy (non-hydrogen) atoms. The van der Waals surface area contributed by atoms with Crippen molar-refractivity contribution in [2.75, 3.05) is 13.1 Å². The zero-order valence-corrected chi connectivity index (χ0v) is 13.9. The van der Waals surface area contributed by atoms with Gasteiger partial charge in [0.05, 0.1) is 0 Å². The number of benzene rings is 1. The first-order valence-electron chi connectivity index (χ1n) is 7.51. The highest BCUT2D eigenvalue weighted by atomic mass is 79.9. The lowest BCUT2D eigenvalue weighted by molar-refractivity contribution is 0.193. The molecule has 2 rings (SSSR count). The highest BCUT2D eigenvalue weighted by molar-refractivity contribution is 9.10. The number of rotatable bonds is 4. The van der Waals surface area contributed by atoms with Gasteiger partial charge in [0.25, 0.3) is 0 Å². The summed E-state index contributed by atoms with van der Waals surface area (Å²) in [7, 11) is 0. The van der Waals surface area contributed by atoms with Crippen LogP contribution in [-0.2, 0) is 6.54 Å². The molecule has 0 bridgehead atoms. The summed E-state index contributed by atoms with van der Waals surface area (Å²) in [6, 6.07) is 6.26. The average molecular weight is 343 g/mol. The molecule has 1 fully saturated rings. The molecule has 2 unspecified atom stereocenters. The number of nitrogens with zero attached hydrogens (tertiary/aromatic N) is 1. The molecule has 1 aliphatic heterocycles. The second kappa shape index (κ2) is 7.53. The fourth-order valence-electron chi connectivity index (χ4n) is 2.91. The van der Waals surface area contributed by atoms with Gasteiger partial charge in [-0.2, -0.15) is 0 Å². The molecule has 0 radical (unpaired) electrons. The third kappa shape index (κ3) is 4.54. The van der Waals surface area contributed by atoms with Crippen molar-refractivity contribution in [2.45, 2.75) is 51.7 Å². The molecule has 1 aromatic rings. The fourth-order valence-corrected chi connectivity index (χ4v) is 3.42. The van der Waals surface area contributed by atoms with E-state index in [0.29, 0.717) is 12.1 Å². The van der Waals surface area contributed by atoms with Crippen molar-refractivity contribution in [3.63, 3.8) is 0 Å². The van der Waals surface area contributed by atoms with Crippen molar-refractivity contribution in [1.29, 1.82) is 0 Å². The molecular formula is C16H24BrFN2. The first-order chi connectivity index (χ1) is 9.58. The lowest BCUT2D eigenvalue weighted by atomic mass is 10.1. The smallest absolute Gasteiger partial charge is 0.124 e. The Morgan fingerprint density at radius 2 is 2.20 bits per heavy atom. The standard InChI is InChI=1S/C16H24BrFN2/c1-3-4-16-11-20(12(2)5-6-19-16)10-13-7-14(17)9-15(18)8-13/h7-9,12,16,19H,3-6,10-11H2,1-2H3. The van der Waals surface area contributed by atoms with Crippen LogP contribution in [0.3, 0.4) is 0 Å². The van der Waals surface area contributed by atoms with Crippen LogP contribution in [0.1, 0.15) is 38.7 Å². The van der Waals surface area contributed by atoms with E-state index in [-0.39, 0.29) is 5.82 Å². The first-order valence-corrected chi connectivity index (χ1v) is 8.30. The van der Waals surface area contributed by atoms with E-state index in [2.05, 4.69) is 40.0 Å². The quantitative estimate of drug-likeness (QED) is 0.891. The Balaban J connectivity index is 2.07. The van der Waals surface area contributed by atoms with Gasteiger partial charge in [-0.05, 0) is 50.1 Å². The van der Waals surface area contributed by atoms with Gasteiger partial charge in [-0.3, -0.25) is 4.90 Å². The minimum atomic E-state index is -0.167. The van der Waals surface area contributed by atoms with E-state index in [1.165, 1.54) is 18.9 Å². The van der Waals surface area contributed by atoms with E-state index in [1.54, 1.807) is 6.07 Å². The summed E-state index contributed by atoms with van der Waals surface area (Å²) in [4.78, 5) is 2.47. The predicted molar refractivity (Wildman–Crippen MR) is 85.3 cm³/mol. The van der Waals surface area contributed by atoms with E-state index in [0.717, 1.165) is 36.1 Å². The highest BCUT2D eigenvalue weighted by Gasteiger charge is 2.22. The Hall–Kier alpha value is -0.450. The SMILES string of the molecule is CCCC1CN(Cc2cc(F)cc(Br)c2)C(C)CCN1. The van der Waals surface area contributed by atoms with Crippen LogP contribution in [0.15, 0.2) is 22.7 Å². The van der Waals surface area contributed by atoms with Crippen LogP contribution in [-0.4, -0.2) is 30.1 Å². The van der Waals surface area contributed by atoms with E-state index < -0.39 is 0 Å². The van der Waals surface area contributed by atoms with Crippen LogP contribution in [0, 0.1) is 5.82 Å². The molecule has 2 atom stereocenters. The summed E-state index contributed by atoms with van der Waals surface area (Å²) in [5.74, 6) is -0.167. The molecule has 1 aliphatic rings. The lowest BCUT2D eigenvalue weighted by Gasteiger charge is -2.29. The van der Waals surface area contributed by atoms with Gasteiger partial charge >= 0.3 is 0 Å². The average Bonchev–Trinajstić information content (AvgIpc) is 2.52. The third-order valence-corrected chi connectivity index (χ3v) is 4.48. The van der Waals surface area contributed by atoms with Gasteiger partial charge < -0.3 is 5.32 Å². The zero-order valence-electron chi connectivity index (χ0n) is 12.3. The second-order valence-electron chi connectivity index (χ2n) is 5.78. The molecule has 0 aliphatic carbocycles. The Labute approximate surface area is 129 Å². The van der Waals surface area contributed by atoms with E-state index in [1.807, 2.05) is 6.07 Å². The Kier molecular flexibility index (Phi) is 6.00. The number of nitrogens with one attached hydrogen (secondary N) is 1. The molecule has 1 heterocycles. The molecule has 1 aromatic carbocycles. The van der Waals surface area contributed by atoms with Crippen LogP contribution in [0.5, 0.6) is 0 Å².